The molecule has 4 aromatic rings. The van der Waals surface area contributed by atoms with Crippen molar-refractivity contribution >= 4 is 38.6 Å². The molecule has 0 atom stereocenters. The van der Waals surface area contributed by atoms with Gasteiger partial charge >= 0.3 is 0 Å². The zero-order valence-electron chi connectivity index (χ0n) is 15.0. The first-order valence-electron chi connectivity index (χ1n) is 8.50. The molecule has 3 N–H and O–H groups in total. The van der Waals surface area contributed by atoms with Gasteiger partial charge in [0.25, 0.3) is 5.91 Å². The third kappa shape index (κ3) is 4.30. The van der Waals surface area contributed by atoms with E-state index in [1.165, 1.54) is 17.4 Å². The fourth-order valence-corrected chi connectivity index (χ4v) is 5.16. The third-order valence-corrected chi connectivity index (χ3v) is 7.48. The zero-order chi connectivity index (χ0) is 20.4. The summed E-state index contributed by atoms with van der Waals surface area (Å²) in [4.78, 5) is 14.5. The summed E-state index contributed by atoms with van der Waals surface area (Å²) in [7, 11) is -3.74. The molecule has 1 amide bonds. The maximum absolute atomic E-state index is 12.9. The summed E-state index contributed by atoms with van der Waals surface area (Å²) in [5.74, 6) is -0.291. The number of hydrogen-bond donors (Lipinski definition) is 2. The smallest absolute Gasteiger partial charge is 0.255 e. The summed E-state index contributed by atoms with van der Waals surface area (Å²) >= 11 is 2.54. The number of amides is 1. The van der Waals surface area contributed by atoms with E-state index in [0.29, 0.717) is 16.1 Å². The van der Waals surface area contributed by atoms with Crippen molar-refractivity contribution in [3.63, 3.8) is 0 Å². The molecule has 10 heteroatoms. The highest BCUT2D eigenvalue weighted by molar-refractivity contribution is 7.91. The second-order valence-electron chi connectivity index (χ2n) is 6.10. The van der Waals surface area contributed by atoms with Crippen LogP contribution in [0.15, 0.2) is 70.4 Å². The highest BCUT2D eigenvalue weighted by Crippen LogP contribution is 2.28. The van der Waals surface area contributed by atoms with Crippen molar-refractivity contribution in [2.45, 2.75) is 10.8 Å². The Morgan fingerprint density at radius 2 is 1.90 bits per heavy atom. The van der Waals surface area contributed by atoms with E-state index in [4.69, 9.17) is 5.14 Å². The van der Waals surface area contributed by atoms with Gasteiger partial charge in [0.15, 0.2) is 0 Å². The summed E-state index contributed by atoms with van der Waals surface area (Å²) in [6, 6.07) is 16.4. The second kappa shape index (κ2) is 7.91. The van der Waals surface area contributed by atoms with Crippen LogP contribution in [0.3, 0.4) is 0 Å². The number of thiophene rings is 2. The van der Waals surface area contributed by atoms with Crippen LogP contribution in [0.2, 0.25) is 0 Å². The van der Waals surface area contributed by atoms with Gasteiger partial charge in [0, 0.05) is 11.1 Å². The Labute approximate surface area is 175 Å². The molecular weight excluding hydrogens is 428 g/mol. The summed E-state index contributed by atoms with van der Waals surface area (Å²) < 4.78 is 24.6. The van der Waals surface area contributed by atoms with Gasteiger partial charge in [-0.25, -0.2) is 18.2 Å². The molecule has 0 fully saturated rings. The van der Waals surface area contributed by atoms with E-state index < -0.39 is 10.0 Å². The van der Waals surface area contributed by atoms with E-state index in [1.807, 2.05) is 47.8 Å². The van der Waals surface area contributed by atoms with Crippen molar-refractivity contribution in [3.05, 3.63) is 76.6 Å². The number of nitrogens with zero attached hydrogens (tertiary/aromatic N) is 2. The molecular formula is C19H16N4O3S3. The van der Waals surface area contributed by atoms with Crippen molar-refractivity contribution in [1.29, 1.82) is 0 Å². The van der Waals surface area contributed by atoms with Gasteiger partial charge in [-0.3, -0.25) is 4.79 Å². The summed E-state index contributed by atoms with van der Waals surface area (Å²) in [5.41, 5.74) is 1.89. The Kier molecular flexibility index (Phi) is 5.33. The molecule has 1 aromatic carbocycles. The van der Waals surface area contributed by atoms with Gasteiger partial charge in [-0.2, -0.15) is 5.10 Å². The fourth-order valence-electron chi connectivity index (χ4n) is 2.72. The summed E-state index contributed by atoms with van der Waals surface area (Å²) in [6.07, 6.45) is 1.70. The monoisotopic (exact) mass is 444 g/mol. The number of carbonyl (C=O) groups is 1. The fraction of sp³-hybridized carbons (Fsp3) is 0.0526. The molecule has 3 aromatic heterocycles. The molecule has 0 spiro atoms. The number of carbonyl (C=O) groups excluding carboxylic acids is 1. The Bertz CT molecular complexity index is 1240. The van der Waals surface area contributed by atoms with E-state index >= 15 is 0 Å². The molecule has 3 heterocycles. The minimum Gasteiger partial charge on any atom is -0.347 e. The lowest BCUT2D eigenvalue weighted by atomic mass is 10.2. The predicted molar refractivity (Wildman–Crippen MR) is 114 cm³/mol. The second-order valence-corrected chi connectivity index (χ2v) is 10.0. The number of hydrogen-bond acceptors (Lipinski definition) is 6. The molecule has 148 valence electrons. The molecule has 7 nitrogen and oxygen atoms in total. The first-order valence-corrected chi connectivity index (χ1v) is 11.7. The maximum Gasteiger partial charge on any atom is 0.255 e. The lowest BCUT2D eigenvalue weighted by Crippen LogP contribution is -2.22. The van der Waals surface area contributed by atoms with Crippen molar-refractivity contribution < 1.29 is 13.2 Å². The highest BCUT2D eigenvalue weighted by atomic mass is 32.2. The first kappa shape index (κ1) is 19.5. The molecule has 4 rings (SSSR count). The molecule has 0 saturated carbocycles. The molecule has 0 radical (unpaired) electrons. The quantitative estimate of drug-likeness (QED) is 0.476. The minimum absolute atomic E-state index is 0.0675. The van der Waals surface area contributed by atoms with Crippen molar-refractivity contribution in [1.82, 2.24) is 15.1 Å². The Morgan fingerprint density at radius 3 is 2.55 bits per heavy atom. The van der Waals surface area contributed by atoms with Crippen molar-refractivity contribution in [2.75, 3.05) is 0 Å². The van der Waals surface area contributed by atoms with Crippen LogP contribution in [0.4, 0.5) is 0 Å². The molecule has 0 bridgehead atoms. The number of benzene rings is 1. The molecule has 0 aliphatic carbocycles. The van der Waals surface area contributed by atoms with Crippen LogP contribution < -0.4 is 10.5 Å². The minimum atomic E-state index is -3.74. The maximum atomic E-state index is 12.9. The normalized spacial score (nSPS) is 11.5. The molecule has 29 heavy (non-hydrogen) atoms. The highest BCUT2D eigenvalue weighted by Gasteiger charge is 2.20. The number of aromatic nitrogens is 2. The topological polar surface area (TPSA) is 107 Å². The Morgan fingerprint density at radius 1 is 1.10 bits per heavy atom. The van der Waals surface area contributed by atoms with Crippen LogP contribution in [-0.2, 0) is 16.6 Å². The Hall–Kier alpha value is -2.79. The van der Waals surface area contributed by atoms with Gasteiger partial charge < -0.3 is 5.32 Å². The zero-order valence-corrected chi connectivity index (χ0v) is 17.4. The average Bonchev–Trinajstić information content (AvgIpc) is 3.46. The van der Waals surface area contributed by atoms with Crippen molar-refractivity contribution in [3.8, 4) is 16.3 Å². The first-order chi connectivity index (χ1) is 13.9. The lowest BCUT2D eigenvalue weighted by molar-refractivity contribution is 0.0952. The molecule has 0 aliphatic rings. The van der Waals surface area contributed by atoms with E-state index in [1.54, 1.807) is 16.9 Å². The van der Waals surface area contributed by atoms with Gasteiger partial charge in [-0.1, -0.05) is 24.3 Å². The van der Waals surface area contributed by atoms with E-state index in [2.05, 4.69) is 10.4 Å². The number of sulfonamides is 1. The van der Waals surface area contributed by atoms with Crippen molar-refractivity contribution in [2.24, 2.45) is 5.14 Å². The third-order valence-electron chi connectivity index (χ3n) is 4.07. The van der Waals surface area contributed by atoms with E-state index in [-0.39, 0.29) is 16.7 Å². The molecule has 0 unspecified atom stereocenters. The average molecular weight is 445 g/mol. The van der Waals surface area contributed by atoms with Gasteiger partial charge in [-0.05, 0) is 35.7 Å². The number of nitrogens with two attached hydrogens (primary N) is 1. The van der Waals surface area contributed by atoms with Crippen LogP contribution in [0.1, 0.15) is 15.2 Å². The van der Waals surface area contributed by atoms with E-state index in [0.717, 1.165) is 21.9 Å². The molecule has 0 aliphatic heterocycles. The molecule has 0 saturated heterocycles. The van der Waals surface area contributed by atoms with Crippen LogP contribution in [0.25, 0.3) is 16.3 Å². The van der Waals surface area contributed by atoms with Gasteiger partial charge in [0.1, 0.15) is 9.90 Å². The van der Waals surface area contributed by atoms with Gasteiger partial charge in [-0.15, -0.1) is 22.7 Å². The SMILES string of the molecule is NS(=O)(=O)c1ccc(CNC(=O)c2cn(-c3ccccc3)nc2-c2cccs2)s1. The lowest BCUT2D eigenvalue weighted by Gasteiger charge is -2.03. The summed E-state index contributed by atoms with van der Waals surface area (Å²) in [6.45, 7) is 0.194. The largest absolute Gasteiger partial charge is 0.347 e. The predicted octanol–water partition coefficient (Wildman–Crippen LogP) is 3.24. The standard InChI is InChI=1S/C19H16N4O3S3/c20-29(25,26)17-9-8-14(28-17)11-21-19(24)15-12-23(13-5-2-1-3-6-13)22-18(15)16-7-4-10-27-16/h1-10,12H,11H2,(H,21,24)(H2,20,25,26). The number of para-hydroxylation sites is 1. The summed E-state index contributed by atoms with van der Waals surface area (Å²) in [5, 5.41) is 14.5. The van der Waals surface area contributed by atoms with Crippen LogP contribution in [0, 0.1) is 0 Å². The van der Waals surface area contributed by atoms with Crippen LogP contribution >= 0.6 is 22.7 Å². The van der Waals surface area contributed by atoms with E-state index in [9.17, 15) is 13.2 Å². The Balaban J connectivity index is 1.60. The number of rotatable bonds is 6. The van der Waals surface area contributed by atoms with Crippen LogP contribution in [-0.4, -0.2) is 24.1 Å². The number of primary sulfonamides is 1. The number of nitrogens with one attached hydrogen (secondary N) is 1. The van der Waals surface area contributed by atoms with Gasteiger partial charge in [0.05, 0.1) is 22.7 Å². The van der Waals surface area contributed by atoms with Crippen LogP contribution in [0.5, 0.6) is 0 Å². The van der Waals surface area contributed by atoms with Gasteiger partial charge in [0.2, 0.25) is 10.0 Å².